The molecule has 1 N–H and O–H groups in total. The van der Waals surface area contributed by atoms with E-state index in [4.69, 9.17) is 37.2 Å². The maximum absolute atomic E-state index is 6.28. The second-order valence-electron chi connectivity index (χ2n) is 7.19. The molecule has 5 rings (SSSR count). The summed E-state index contributed by atoms with van der Waals surface area (Å²) in [6.45, 7) is 2.29. The van der Waals surface area contributed by atoms with E-state index in [1.165, 1.54) is 0 Å². The van der Waals surface area contributed by atoms with E-state index in [1.54, 1.807) is 31.5 Å². The highest BCUT2D eigenvalue weighted by Gasteiger charge is 2.20. The highest BCUT2D eigenvalue weighted by atomic mass is 35.5. The topological polar surface area (TPSA) is 86.1 Å². The van der Waals surface area contributed by atoms with Crippen LogP contribution in [0.4, 0.5) is 0 Å². The van der Waals surface area contributed by atoms with E-state index in [2.05, 4.69) is 20.1 Å². The number of hydrogen-bond donors (Lipinski definition) is 1. The van der Waals surface area contributed by atoms with E-state index in [0.717, 1.165) is 27.4 Å². The van der Waals surface area contributed by atoms with E-state index in [1.807, 2.05) is 25.1 Å². The summed E-state index contributed by atoms with van der Waals surface area (Å²) < 4.78 is 17.0. The molecule has 7 nitrogen and oxygen atoms in total. The molecule has 0 spiro atoms. The van der Waals surface area contributed by atoms with Crippen molar-refractivity contribution in [1.82, 2.24) is 20.1 Å². The molecule has 2 aromatic carbocycles. The predicted octanol–water partition coefficient (Wildman–Crippen LogP) is 6.57. The number of fused-ring (bicyclic) bond motifs is 3. The Kier molecular flexibility index (Phi) is 5.46. The van der Waals surface area contributed by atoms with E-state index in [-0.39, 0.29) is 0 Å². The predicted molar refractivity (Wildman–Crippen MR) is 124 cm³/mol. The monoisotopic (exact) mass is 468 g/mol. The molecular weight excluding hydrogens is 451 g/mol. The van der Waals surface area contributed by atoms with Gasteiger partial charge in [-0.25, -0.2) is 4.98 Å². The van der Waals surface area contributed by atoms with Gasteiger partial charge in [0, 0.05) is 40.4 Å². The van der Waals surface area contributed by atoms with Gasteiger partial charge >= 0.3 is 0 Å². The van der Waals surface area contributed by atoms with Crippen LogP contribution in [0, 0.1) is 0 Å². The van der Waals surface area contributed by atoms with Gasteiger partial charge in [-0.05, 0) is 36.4 Å². The summed E-state index contributed by atoms with van der Waals surface area (Å²) in [5.74, 6) is 2.15. The fourth-order valence-corrected chi connectivity index (χ4v) is 4.10. The normalized spacial score (nSPS) is 11.5. The van der Waals surface area contributed by atoms with Crippen molar-refractivity contribution in [3.8, 4) is 23.1 Å². The minimum atomic E-state index is 0.324. The molecule has 0 fully saturated rings. The molecule has 3 heterocycles. The Morgan fingerprint density at radius 3 is 2.72 bits per heavy atom. The number of halogens is 2. The van der Waals surface area contributed by atoms with Gasteiger partial charge in [0.2, 0.25) is 0 Å². The van der Waals surface area contributed by atoms with Gasteiger partial charge in [0.05, 0.1) is 23.3 Å². The average molecular weight is 469 g/mol. The highest BCUT2D eigenvalue weighted by Crippen LogP contribution is 2.37. The number of ether oxygens (including phenoxy) is 2. The standard InChI is InChI=1S/C23H18Cl2N4O3/c1-3-20-28-23(32-29-20)22-15(11-30-2)21-14-9-13(5-6-17(14)27-18(21)10-26-22)31-19-7-4-12(24)8-16(19)25/h4-10,27H,3,11H2,1-2H3. The number of aromatic nitrogens is 4. The smallest absolute Gasteiger partial charge is 0.276 e. The number of pyridine rings is 1. The van der Waals surface area contributed by atoms with Crippen molar-refractivity contribution >= 4 is 45.0 Å². The molecule has 162 valence electrons. The van der Waals surface area contributed by atoms with Crippen molar-refractivity contribution in [2.24, 2.45) is 0 Å². The molecule has 0 atom stereocenters. The number of aromatic amines is 1. The number of benzene rings is 2. The van der Waals surface area contributed by atoms with Gasteiger partial charge in [-0.2, -0.15) is 4.98 Å². The lowest BCUT2D eigenvalue weighted by Gasteiger charge is -2.09. The van der Waals surface area contributed by atoms with Crippen molar-refractivity contribution < 1.29 is 14.0 Å². The SMILES string of the molecule is CCc1noc(-c2ncc3[nH]c4ccc(Oc5ccc(Cl)cc5Cl)cc4c3c2COC)n1. The fraction of sp³-hybridized carbons (Fsp3) is 0.174. The lowest BCUT2D eigenvalue weighted by Crippen LogP contribution is -1.97. The van der Waals surface area contributed by atoms with E-state index in [9.17, 15) is 0 Å². The Morgan fingerprint density at radius 1 is 1.09 bits per heavy atom. The third-order valence-electron chi connectivity index (χ3n) is 5.11. The van der Waals surface area contributed by atoms with Crippen molar-refractivity contribution in [3.63, 3.8) is 0 Å². The van der Waals surface area contributed by atoms with Gasteiger partial charge < -0.3 is 19.0 Å². The molecule has 0 saturated carbocycles. The van der Waals surface area contributed by atoms with Crippen LogP contribution in [0.5, 0.6) is 11.5 Å². The summed E-state index contributed by atoms with van der Waals surface area (Å²) in [6.07, 6.45) is 2.43. The lowest BCUT2D eigenvalue weighted by atomic mass is 10.1. The highest BCUT2D eigenvalue weighted by molar-refractivity contribution is 6.35. The van der Waals surface area contributed by atoms with Crippen LogP contribution in [0.15, 0.2) is 47.1 Å². The number of H-pyrrole nitrogens is 1. The molecule has 5 aromatic rings. The Morgan fingerprint density at radius 2 is 1.97 bits per heavy atom. The van der Waals surface area contributed by atoms with Crippen LogP contribution in [0.3, 0.4) is 0 Å². The zero-order chi connectivity index (χ0) is 22.2. The molecule has 3 aromatic heterocycles. The Balaban J connectivity index is 1.67. The molecule has 0 bridgehead atoms. The molecule has 0 aliphatic rings. The quantitative estimate of drug-likeness (QED) is 0.303. The third-order valence-corrected chi connectivity index (χ3v) is 5.64. The van der Waals surface area contributed by atoms with E-state index >= 15 is 0 Å². The number of aryl methyl sites for hydroxylation is 1. The van der Waals surface area contributed by atoms with Gasteiger partial charge in [-0.1, -0.05) is 35.3 Å². The number of nitrogens with one attached hydrogen (secondary N) is 1. The summed E-state index contributed by atoms with van der Waals surface area (Å²) in [4.78, 5) is 12.4. The van der Waals surface area contributed by atoms with Gasteiger partial charge in [0.1, 0.15) is 17.2 Å². The number of methoxy groups -OCH3 is 1. The van der Waals surface area contributed by atoms with E-state index in [0.29, 0.717) is 52.0 Å². The second kappa shape index (κ2) is 8.43. The molecule has 0 amide bonds. The maximum Gasteiger partial charge on any atom is 0.276 e. The Bertz CT molecular complexity index is 1440. The van der Waals surface area contributed by atoms with Gasteiger partial charge in [-0.3, -0.25) is 0 Å². The first-order valence-electron chi connectivity index (χ1n) is 9.95. The zero-order valence-corrected chi connectivity index (χ0v) is 18.8. The molecule has 9 heteroatoms. The lowest BCUT2D eigenvalue weighted by molar-refractivity contribution is 0.186. The summed E-state index contributed by atoms with van der Waals surface area (Å²) in [5, 5.41) is 6.89. The van der Waals surface area contributed by atoms with Crippen LogP contribution >= 0.6 is 23.2 Å². The van der Waals surface area contributed by atoms with Gasteiger partial charge in [0.15, 0.2) is 5.82 Å². The van der Waals surface area contributed by atoms with Crippen LogP contribution in [0.2, 0.25) is 10.0 Å². The van der Waals surface area contributed by atoms with E-state index < -0.39 is 0 Å². The number of nitrogens with zero attached hydrogens (tertiary/aromatic N) is 3. The minimum absolute atomic E-state index is 0.324. The largest absolute Gasteiger partial charge is 0.456 e. The Labute approximate surface area is 193 Å². The molecule has 0 aliphatic carbocycles. The molecule has 0 saturated heterocycles. The van der Waals surface area contributed by atoms with Gasteiger partial charge in [0.25, 0.3) is 5.89 Å². The summed E-state index contributed by atoms with van der Waals surface area (Å²) in [5.41, 5.74) is 3.25. The van der Waals surface area contributed by atoms with Crippen molar-refractivity contribution in [1.29, 1.82) is 0 Å². The fourth-order valence-electron chi connectivity index (χ4n) is 3.65. The van der Waals surface area contributed by atoms with Crippen molar-refractivity contribution in [2.45, 2.75) is 20.0 Å². The summed E-state index contributed by atoms with van der Waals surface area (Å²) in [7, 11) is 1.64. The molecular formula is C23H18Cl2N4O3. The summed E-state index contributed by atoms with van der Waals surface area (Å²) in [6, 6.07) is 10.9. The average Bonchev–Trinajstić information content (AvgIpc) is 3.40. The first-order chi connectivity index (χ1) is 15.6. The number of hydrogen-bond acceptors (Lipinski definition) is 6. The van der Waals surface area contributed by atoms with Crippen LogP contribution in [0.1, 0.15) is 18.3 Å². The molecule has 0 aliphatic heterocycles. The third kappa shape index (κ3) is 3.68. The van der Waals surface area contributed by atoms with Crippen LogP contribution in [0.25, 0.3) is 33.4 Å². The number of rotatable bonds is 6. The van der Waals surface area contributed by atoms with Crippen LogP contribution < -0.4 is 4.74 Å². The van der Waals surface area contributed by atoms with Gasteiger partial charge in [-0.15, -0.1) is 0 Å². The molecule has 0 radical (unpaired) electrons. The Hall–Kier alpha value is -3.13. The second-order valence-corrected chi connectivity index (χ2v) is 8.03. The molecule has 32 heavy (non-hydrogen) atoms. The minimum Gasteiger partial charge on any atom is -0.456 e. The van der Waals surface area contributed by atoms with Crippen LogP contribution in [-0.4, -0.2) is 27.2 Å². The molecule has 0 unspecified atom stereocenters. The maximum atomic E-state index is 6.28. The van der Waals surface area contributed by atoms with Crippen molar-refractivity contribution in [2.75, 3.05) is 7.11 Å². The first-order valence-corrected chi connectivity index (χ1v) is 10.7. The first kappa shape index (κ1) is 20.8. The van der Waals surface area contributed by atoms with Crippen LogP contribution in [-0.2, 0) is 17.8 Å². The van der Waals surface area contributed by atoms with Crippen molar-refractivity contribution in [3.05, 3.63) is 64.0 Å². The zero-order valence-electron chi connectivity index (χ0n) is 17.3. The summed E-state index contributed by atoms with van der Waals surface area (Å²) >= 11 is 12.3.